The van der Waals surface area contributed by atoms with Crippen LogP contribution in [-0.4, -0.2) is 81.4 Å². The maximum atomic E-state index is 10.7. The topological polar surface area (TPSA) is 140 Å². The van der Waals surface area contributed by atoms with Crippen molar-refractivity contribution in [1.29, 1.82) is 0 Å². The molecule has 0 aromatic carbocycles. The van der Waals surface area contributed by atoms with Crippen LogP contribution in [0.2, 0.25) is 0 Å². The summed E-state index contributed by atoms with van der Waals surface area (Å²) in [7, 11) is 0. The largest absolute Gasteiger partial charge is 0.480 e. The van der Waals surface area contributed by atoms with Crippen molar-refractivity contribution in [3.8, 4) is 0 Å². The number of nitrogens with zero attached hydrogens (tertiary/aromatic N) is 1. The number of aliphatic hydroxyl groups is 4. The van der Waals surface area contributed by atoms with E-state index in [9.17, 15) is 4.79 Å². The quantitative estimate of drug-likeness (QED) is 0.268. The van der Waals surface area contributed by atoms with E-state index in [0.717, 1.165) is 0 Å². The summed E-state index contributed by atoms with van der Waals surface area (Å²) < 4.78 is 0. The average molecular weight is 269 g/mol. The van der Waals surface area contributed by atoms with Crippen LogP contribution in [0.3, 0.4) is 0 Å². The van der Waals surface area contributed by atoms with Gasteiger partial charge in [-0.2, -0.15) is 0 Å². The van der Waals surface area contributed by atoms with Gasteiger partial charge in [0.15, 0.2) is 6.04 Å². The zero-order valence-corrected chi connectivity index (χ0v) is 9.97. The molecule has 9 heteroatoms. The fourth-order valence-corrected chi connectivity index (χ4v) is 0.775. The molecule has 0 amide bonds. The SMILES string of the molecule is C[C@@H](C(=O)O)N(OCC(O)CO)OCC(O)CO. The molecule has 0 aromatic heterocycles. The molecule has 0 saturated carbocycles. The monoisotopic (exact) mass is 269 g/mol. The minimum atomic E-state index is -1.24. The van der Waals surface area contributed by atoms with Crippen LogP contribution in [0.1, 0.15) is 6.92 Å². The molecule has 0 fully saturated rings. The molecule has 3 atom stereocenters. The third-order valence-corrected chi connectivity index (χ3v) is 1.88. The van der Waals surface area contributed by atoms with Gasteiger partial charge in [-0.1, -0.05) is 5.23 Å². The van der Waals surface area contributed by atoms with Crippen molar-refractivity contribution in [2.24, 2.45) is 0 Å². The molecule has 0 heterocycles. The van der Waals surface area contributed by atoms with E-state index in [-0.39, 0.29) is 13.2 Å². The fourth-order valence-electron chi connectivity index (χ4n) is 0.775. The van der Waals surface area contributed by atoms with Gasteiger partial charge >= 0.3 is 5.97 Å². The van der Waals surface area contributed by atoms with E-state index in [2.05, 4.69) is 0 Å². The first kappa shape index (κ1) is 17.2. The molecule has 0 radical (unpaired) electrons. The highest BCUT2D eigenvalue weighted by molar-refractivity contribution is 5.72. The zero-order valence-electron chi connectivity index (χ0n) is 9.97. The number of aliphatic hydroxyl groups excluding tert-OH is 4. The van der Waals surface area contributed by atoms with Crippen LogP contribution in [-0.2, 0) is 14.5 Å². The van der Waals surface area contributed by atoms with Gasteiger partial charge < -0.3 is 25.5 Å². The zero-order chi connectivity index (χ0) is 14.1. The predicted molar refractivity (Wildman–Crippen MR) is 57.0 cm³/mol. The number of carboxylic acids is 1. The summed E-state index contributed by atoms with van der Waals surface area (Å²) in [4.78, 5) is 20.4. The number of hydrogen-bond acceptors (Lipinski definition) is 8. The van der Waals surface area contributed by atoms with Crippen molar-refractivity contribution in [3.05, 3.63) is 0 Å². The number of aliphatic carboxylic acids is 1. The Bertz CT molecular complexity index is 225. The number of hydrogen-bond donors (Lipinski definition) is 5. The Kier molecular flexibility index (Phi) is 8.75. The van der Waals surface area contributed by atoms with Crippen molar-refractivity contribution in [2.45, 2.75) is 25.2 Å². The van der Waals surface area contributed by atoms with Gasteiger partial charge in [0.1, 0.15) is 12.2 Å². The third kappa shape index (κ3) is 6.81. The molecular weight excluding hydrogens is 250 g/mol. The van der Waals surface area contributed by atoms with E-state index in [0.29, 0.717) is 5.23 Å². The first-order chi connectivity index (χ1) is 8.42. The van der Waals surface area contributed by atoms with Crippen molar-refractivity contribution in [2.75, 3.05) is 26.4 Å². The third-order valence-electron chi connectivity index (χ3n) is 1.88. The lowest BCUT2D eigenvalue weighted by Gasteiger charge is -2.25. The second-order valence-corrected chi connectivity index (χ2v) is 3.56. The van der Waals surface area contributed by atoms with Gasteiger partial charge in [0, 0.05) is 0 Å². The Morgan fingerprint density at radius 1 is 1.11 bits per heavy atom. The lowest BCUT2D eigenvalue weighted by Crippen LogP contribution is -2.42. The maximum Gasteiger partial charge on any atom is 0.325 e. The van der Waals surface area contributed by atoms with Crippen LogP contribution in [0.15, 0.2) is 0 Å². The van der Waals surface area contributed by atoms with Gasteiger partial charge in [-0.15, -0.1) is 0 Å². The molecule has 0 aliphatic rings. The highest BCUT2D eigenvalue weighted by Gasteiger charge is 2.24. The van der Waals surface area contributed by atoms with Crippen molar-refractivity contribution in [3.63, 3.8) is 0 Å². The summed E-state index contributed by atoms with van der Waals surface area (Å²) in [6.45, 7) is -0.575. The van der Waals surface area contributed by atoms with Gasteiger partial charge in [0.05, 0.1) is 26.4 Å². The predicted octanol–water partition coefficient (Wildman–Crippen LogP) is -2.67. The number of hydroxylamine groups is 2. The Hall–Kier alpha value is -0.810. The second-order valence-electron chi connectivity index (χ2n) is 3.56. The smallest absolute Gasteiger partial charge is 0.325 e. The van der Waals surface area contributed by atoms with Crippen LogP contribution < -0.4 is 0 Å². The van der Waals surface area contributed by atoms with Crippen molar-refractivity contribution in [1.82, 2.24) is 5.23 Å². The molecule has 0 spiro atoms. The normalized spacial score (nSPS) is 16.6. The molecule has 0 bridgehead atoms. The van der Waals surface area contributed by atoms with Crippen molar-refractivity contribution >= 4 is 5.97 Å². The maximum absolute atomic E-state index is 10.7. The molecule has 0 aliphatic carbocycles. The van der Waals surface area contributed by atoms with Gasteiger partial charge in [-0.25, -0.2) is 0 Å². The van der Waals surface area contributed by atoms with Gasteiger partial charge in [0.2, 0.25) is 0 Å². The Morgan fingerprint density at radius 3 is 1.78 bits per heavy atom. The Balaban J connectivity index is 4.29. The second kappa shape index (κ2) is 9.16. The summed E-state index contributed by atoms with van der Waals surface area (Å²) in [6, 6.07) is -1.19. The lowest BCUT2D eigenvalue weighted by molar-refractivity contribution is -0.391. The van der Waals surface area contributed by atoms with Crippen LogP contribution >= 0.6 is 0 Å². The highest BCUT2D eigenvalue weighted by atomic mass is 17.0. The van der Waals surface area contributed by atoms with E-state index >= 15 is 0 Å². The summed E-state index contributed by atoms with van der Waals surface area (Å²) in [5, 5.41) is 44.6. The molecular formula is C9H19NO8. The molecule has 2 unspecified atom stereocenters. The summed E-state index contributed by atoms with van der Waals surface area (Å²) in [5.74, 6) is -1.24. The van der Waals surface area contributed by atoms with Crippen LogP contribution in [0.25, 0.3) is 0 Å². The van der Waals surface area contributed by atoms with Gasteiger partial charge in [-0.05, 0) is 6.92 Å². The average Bonchev–Trinajstić information content (AvgIpc) is 2.36. The van der Waals surface area contributed by atoms with Gasteiger partial charge in [0.25, 0.3) is 0 Å². The standard InChI is InChI=1S/C9H19NO8/c1-6(9(15)16)10(17-4-7(13)2-11)18-5-8(14)3-12/h6-8,11-14H,2-5H2,1H3,(H,15,16)/t6-,7?,8?/m0/s1. The molecule has 0 aliphatic heterocycles. The van der Waals surface area contributed by atoms with Crippen LogP contribution in [0.5, 0.6) is 0 Å². The molecule has 5 N–H and O–H groups in total. The minimum Gasteiger partial charge on any atom is -0.480 e. The Labute approximate surface area is 104 Å². The van der Waals surface area contributed by atoms with Crippen molar-refractivity contribution < 1.29 is 40.0 Å². The first-order valence-corrected chi connectivity index (χ1v) is 5.28. The van der Waals surface area contributed by atoms with E-state index in [1.54, 1.807) is 0 Å². The molecule has 0 saturated heterocycles. The Morgan fingerprint density at radius 2 is 1.50 bits per heavy atom. The minimum absolute atomic E-state index is 0.372. The molecule has 18 heavy (non-hydrogen) atoms. The van der Waals surface area contributed by atoms with Crippen LogP contribution in [0, 0.1) is 0 Å². The number of carboxylic acid groups (broad SMARTS) is 1. The van der Waals surface area contributed by atoms with E-state index in [1.807, 2.05) is 0 Å². The molecule has 0 rings (SSSR count). The highest BCUT2D eigenvalue weighted by Crippen LogP contribution is 2.04. The van der Waals surface area contributed by atoms with Gasteiger partial charge in [-0.3, -0.25) is 14.5 Å². The number of carbonyl (C=O) groups is 1. The molecule has 9 nitrogen and oxygen atoms in total. The fraction of sp³-hybridized carbons (Fsp3) is 0.889. The first-order valence-electron chi connectivity index (χ1n) is 5.28. The molecule has 108 valence electrons. The van der Waals surface area contributed by atoms with E-state index in [4.69, 9.17) is 35.2 Å². The van der Waals surface area contributed by atoms with Crippen LogP contribution in [0.4, 0.5) is 0 Å². The van der Waals surface area contributed by atoms with E-state index < -0.39 is 37.4 Å². The lowest BCUT2D eigenvalue weighted by atomic mass is 10.4. The number of rotatable bonds is 10. The van der Waals surface area contributed by atoms with E-state index in [1.165, 1.54) is 6.92 Å². The summed E-state index contributed by atoms with van der Waals surface area (Å²) in [6.07, 6.45) is -2.36. The summed E-state index contributed by atoms with van der Waals surface area (Å²) >= 11 is 0. The molecule has 0 aromatic rings. The summed E-state index contributed by atoms with van der Waals surface area (Å²) in [5.41, 5.74) is 0.